The van der Waals surface area contributed by atoms with Crippen molar-refractivity contribution < 1.29 is 43.9 Å². The van der Waals surface area contributed by atoms with Gasteiger partial charge in [0.2, 0.25) is 17.5 Å². The topological polar surface area (TPSA) is 43.6 Å². The van der Waals surface area contributed by atoms with Gasteiger partial charge in [-0.15, -0.1) is 5.10 Å². The molecule has 0 fully saturated rings. The highest BCUT2D eigenvalue weighted by Crippen LogP contribution is 2.35. The molecule has 0 aliphatic carbocycles. The van der Waals surface area contributed by atoms with Gasteiger partial charge in [0.15, 0.2) is 0 Å². The number of hydrogen-bond acceptors (Lipinski definition) is 3. The first-order valence-corrected chi connectivity index (χ1v) is 5.16. The lowest BCUT2D eigenvalue weighted by atomic mass is 10.3. The Balaban J connectivity index is 2.86. The third-order valence-electron chi connectivity index (χ3n) is 2.30. The second-order valence-corrected chi connectivity index (χ2v) is 3.84. The fourth-order valence-corrected chi connectivity index (χ4v) is 1.43. The van der Waals surface area contributed by atoms with Crippen molar-refractivity contribution in [3.8, 4) is 5.69 Å². The van der Waals surface area contributed by atoms with Gasteiger partial charge >= 0.3 is 12.4 Å². The molecule has 14 heteroatoms. The van der Waals surface area contributed by atoms with Gasteiger partial charge < -0.3 is 0 Å². The van der Waals surface area contributed by atoms with E-state index in [1.165, 1.54) is 0 Å². The van der Waals surface area contributed by atoms with E-state index in [0.29, 0.717) is 0 Å². The molecule has 0 atom stereocenters. The molecule has 2 aromatic rings. The molecule has 0 spiro atoms. The Morgan fingerprint density at radius 1 is 0.696 bits per heavy atom. The van der Waals surface area contributed by atoms with Gasteiger partial charge in [-0.3, -0.25) is 0 Å². The van der Waals surface area contributed by atoms with Crippen molar-refractivity contribution in [3.63, 3.8) is 0 Å². The van der Waals surface area contributed by atoms with E-state index >= 15 is 0 Å². The van der Waals surface area contributed by atoms with Gasteiger partial charge in [0.1, 0.15) is 5.69 Å². The third-order valence-corrected chi connectivity index (χ3v) is 2.30. The molecule has 0 aliphatic rings. The van der Waals surface area contributed by atoms with E-state index in [4.69, 9.17) is 0 Å². The molecule has 0 bridgehead atoms. The number of aromatic nitrogens is 4. The molecule has 0 amide bonds. The zero-order valence-electron chi connectivity index (χ0n) is 10.1. The molecule has 0 aliphatic heterocycles. The Morgan fingerprint density at radius 3 is 1.57 bits per heavy atom. The zero-order chi connectivity index (χ0) is 17.7. The Kier molecular flexibility index (Phi) is 3.73. The average Bonchev–Trinajstić information content (AvgIpc) is 2.81. The molecule has 0 saturated carbocycles. The van der Waals surface area contributed by atoms with Crippen molar-refractivity contribution in [2.24, 2.45) is 0 Å². The normalized spacial score (nSPS) is 12.8. The van der Waals surface area contributed by atoms with Gasteiger partial charge in [0, 0.05) is 0 Å². The second kappa shape index (κ2) is 5.06. The van der Waals surface area contributed by atoms with Crippen molar-refractivity contribution in [2.75, 3.05) is 0 Å². The maximum Gasteiger partial charge on any atom is 0.453 e. The van der Waals surface area contributed by atoms with Crippen LogP contribution in [0.4, 0.5) is 43.9 Å². The van der Waals surface area contributed by atoms with E-state index in [9.17, 15) is 43.9 Å². The van der Waals surface area contributed by atoms with Crippen LogP contribution in [0.1, 0.15) is 11.6 Å². The molecule has 126 valence electrons. The Labute approximate surface area is 118 Å². The molecule has 0 radical (unpaired) electrons. The summed E-state index contributed by atoms with van der Waals surface area (Å²) in [5.74, 6) is -14.7. The summed E-state index contributed by atoms with van der Waals surface area (Å²) in [5, 5.41) is 2.24. The predicted octanol–water partition coefficient (Wildman–Crippen LogP) is 3.26. The number of pyridine rings is 1. The number of halogens is 10. The van der Waals surface area contributed by atoms with Crippen LogP contribution in [-0.4, -0.2) is 19.7 Å². The lowest BCUT2D eigenvalue weighted by molar-refractivity contribution is -0.150. The minimum atomic E-state index is -5.66. The summed E-state index contributed by atoms with van der Waals surface area (Å²) < 4.78 is 127. The van der Waals surface area contributed by atoms with Crippen LogP contribution in [0, 0.1) is 23.5 Å². The maximum absolute atomic E-state index is 13.4. The summed E-state index contributed by atoms with van der Waals surface area (Å²) in [4.78, 5) is 4.13. The minimum Gasteiger partial charge on any atom is -0.202 e. The third kappa shape index (κ3) is 2.92. The van der Waals surface area contributed by atoms with Crippen LogP contribution in [0.2, 0.25) is 0 Å². The van der Waals surface area contributed by atoms with Gasteiger partial charge in [-0.05, 0) is 0 Å². The first-order valence-electron chi connectivity index (χ1n) is 5.16. The molecule has 23 heavy (non-hydrogen) atoms. The van der Waals surface area contributed by atoms with Crippen molar-refractivity contribution >= 4 is 0 Å². The molecule has 0 unspecified atom stereocenters. The second-order valence-electron chi connectivity index (χ2n) is 3.84. The molecule has 2 aromatic heterocycles. The van der Waals surface area contributed by atoms with E-state index in [1.54, 1.807) is 0 Å². The van der Waals surface area contributed by atoms with Crippen LogP contribution in [0.15, 0.2) is 0 Å². The Hall–Kier alpha value is -2.41. The quantitative estimate of drug-likeness (QED) is 0.583. The summed E-state index contributed by atoms with van der Waals surface area (Å²) in [6, 6.07) is 0. The fourth-order valence-electron chi connectivity index (χ4n) is 1.43. The van der Waals surface area contributed by atoms with Crippen LogP contribution >= 0.6 is 0 Å². The number of rotatable bonds is 1. The van der Waals surface area contributed by atoms with Crippen molar-refractivity contribution in [1.82, 2.24) is 19.7 Å². The summed E-state index contributed by atoms with van der Waals surface area (Å²) in [5.41, 5.74) is -2.18. The summed E-state index contributed by atoms with van der Waals surface area (Å²) in [7, 11) is 0. The van der Waals surface area contributed by atoms with Crippen LogP contribution in [0.5, 0.6) is 0 Å². The van der Waals surface area contributed by atoms with E-state index in [0.717, 1.165) is 0 Å². The van der Waals surface area contributed by atoms with Crippen molar-refractivity contribution in [3.05, 3.63) is 35.2 Å². The van der Waals surface area contributed by atoms with Crippen molar-refractivity contribution in [2.45, 2.75) is 12.4 Å². The number of nitrogens with zero attached hydrogens (tertiary/aromatic N) is 4. The SMILES string of the molecule is Fc1nc(F)c(F)c(-n2nc(C(F)(F)F)nc2C(F)(F)F)c1F. The average molecular weight is 354 g/mol. The van der Waals surface area contributed by atoms with E-state index in [2.05, 4.69) is 15.1 Å². The highest BCUT2D eigenvalue weighted by atomic mass is 19.4. The largest absolute Gasteiger partial charge is 0.453 e. The van der Waals surface area contributed by atoms with Crippen LogP contribution in [0.3, 0.4) is 0 Å². The lowest BCUT2D eigenvalue weighted by Crippen LogP contribution is -2.18. The molecule has 0 aromatic carbocycles. The number of hydrogen-bond donors (Lipinski definition) is 0. The van der Waals surface area contributed by atoms with E-state index in [-0.39, 0.29) is 0 Å². The highest BCUT2D eigenvalue weighted by molar-refractivity contribution is 5.34. The lowest BCUT2D eigenvalue weighted by Gasteiger charge is -2.10. The smallest absolute Gasteiger partial charge is 0.202 e. The first kappa shape index (κ1) is 17.0. The molecular formula is C9F10N4. The summed E-state index contributed by atoms with van der Waals surface area (Å²) in [6.07, 6.45) is -11.2. The van der Waals surface area contributed by atoms with Crippen LogP contribution in [0.25, 0.3) is 5.69 Å². The molecule has 2 rings (SSSR count). The zero-order valence-corrected chi connectivity index (χ0v) is 10.1. The van der Waals surface area contributed by atoms with Gasteiger partial charge in [0.25, 0.3) is 17.7 Å². The van der Waals surface area contributed by atoms with Crippen LogP contribution < -0.4 is 0 Å². The van der Waals surface area contributed by atoms with Gasteiger partial charge in [-0.1, -0.05) is 0 Å². The fraction of sp³-hybridized carbons (Fsp3) is 0.222. The molecule has 2 heterocycles. The van der Waals surface area contributed by atoms with E-state index in [1.807, 2.05) is 0 Å². The Morgan fingerprint density at radius 2 is 1.17 bits per heavy atom. The minimum absolute atomic E-state index is 1.03. The molecule has 0 saturated heterocycles. The maximum atomic E-state index is 13.4. The first-order chi connectivity index (χ1) is 10.3. The van der Waals surface area contributed by atoms with Gasteiger partial charge in [-0.2, -0.15) is 53.9 Å². The molecule has 4 nitrogen and oxygen atoms in total. The summed E-state index contributed by atoms with van der Waals surface area (Å²) in [6.45, 7) is 0. The number of alkyl halides is 6. The summed E-state index contributed by atoms with van der Waals surface area (Å²) >= 11 is 0. The van der Waals surface area contributed by atoms with Crippen molar-refractivity contribution in [1.29, 1.82) is 0 Å². The van der Waals surface area contributed by atoms with Crippen LogP contribution in [-0.2, 0) is 12.4 Å². The monoisotopic (exact) mass is 354 g/mol. The van der Waals surface area contributed by atoms with E-state index < -0.39 is 57.9 Å². The van der Waals surface area contributed by atoms with Gasteiger partial charge in [-0.25, -0.2) is 4.68 Å². The molecule has 0 N–H and O–H groups in total. The standard InChI is InChI=1S/C9F10N4/c10-1-3(2(11)5(13)20-4(1)12)23-7(9(17,18)19)21-6(22-23)8(14,15)16. The predicted molar refractivity (Wildman–Crippen MR) is 49.0 cm³/mol. The Bertz CT molecular complexity index is 733. The molecular weight excluding hydrogens is 354 g/mol. The van der Waals surface area contributed by atoms with Gasteiger partial charge in [0.05, 0.1) is 0 Å². The highest BCUT2D eigenvalue weighted by Gasteiger charge is 2.45.